The number of carbonyl (C=O) groups excluding carboxylic acids is 1. The highest BCUT2D eigenvalue weighted by Crippen LogP contribution is 2.10. The molecule has 1 aliphatic heterocycles. The summed E-state index contributed by atoms with van der Waals surface area (Å²) < 4.78 is 4.65. The van der Waals surface area contributed by atoms with Gasteiger partial charge in [0.25, 0.3) is 0 Å². The molecule has 1 rings (SSSR count). The fraction of sp³-hybridized carbons (Fsp3) is 0.500. The fourth-order valence-corrected chi connectivity index (χ4v) is 0.653. The molecule has 0 bridgehead atoms. The normalized spacial score (nSPS) is 20.5. The fourth-order valence-electron chi connectivity index (χ4n) is 0.653. The summed E-state index contributed by atoms with van der Waals surface area (Å²) in [5.74, 6) is -0.138. The average Bonchev–Trinajstić information content (AvgIpc) is 1.64. The Kier molecular flexibility index (Phi) is 1.33. The zero-order valence-corrected chi connectivity index (χ0v) is 4.64. The van der Waals surface area contributed by atoms with Crippen molar-refractivity contribution >= 4 is 5.97 Å². The Hall–Kier alpha value is -0.790. The molecule has 1 fully saturated rings. The number of esters is 1. The largest absolute Gasteiger partial charge is 0.465 e. The molecule has 0 atom stereocenters. The van der Waals surface area contributed by atoms with Crippen LogP contribution in [0.25, 0.3) is 0 Å². The van der Waals surface area contributed by atoms with Gasteiger partial charge in [0.05, 0.1) is 13.0 Å². The van der Waals surface area contributed by atoms with Crippen LogP contribution in [0.3, 0.4) is 0 Å². The van der Waals surface area contributed by atoms with Crippen molar-refractivity contribution < 1.29 is 9.53 Å². The van der Waals surface area contributed by atoms with Crippen LogP contribution in [-0.4, -0.2) is 12.6 Å². The third-order valence-electron chi connectivity index (χ3n) is 1.11. The highest BCUT2D eigenvalue weighted by molar-refractivity contribution is 5.73. The third kappa shape index (κ3) is 1.09. The van der Waals surface area contributed by atoms with Gasteiger partial charge in [-0.25, -0.2) is 0 Å². The quantitative estimate of drug-likeness (QED) is 0.343. The van der Waals surface area contributed by atoms with Gasteiger partial charge in [0, 0.05) is 6.42 Å². The van der Waals surface area contributed by atoms with E-state index < -0.39 is 0 Å². The summed E-state index contributed by atoms with van der Waals surface area (Å²) in [5.41, 5.74) is 0.987. The maximum atomic E-state index is 10.4. The molecule has 1 aliphatic rings. The molecular formula is C6H8O2. The van der Waals surface area contributed by atoms with Crippen LogP contribution in [0.15, 0.2) is 12.2 Å². The second-order valence-corrected chi connectivity index (χ2v) is 1.90. The Balaban J connectivity index is 2.45. The van der Waals surface area contributed by atoms with Crippen LogP contribution in [0.4, 0.5) is 0 Å². The Morgan fingerprint density at radius 1 is 1.62 bits per heavy atom. The Morgan fingerprint density at radius 2 is 2.38 bits per heavy atom. The molecular weight excluding hydrogens is 104 g/mol. The van der Waals surface area contributed by atoms with Gasteiger partial charge in [-0.15, -0.1) is 0 Å². The molecule has 0 aromatic rings. The summed E-state index contributed by atoms with van der Waals surface area (Å²) >= 11 is 0. The van der Waals surface area contributed by atoms with Gasteiger partial charge in [0.2, 0.25) is 0 Å². The van der Waals surface area contributed by atoms with Crippen molar-refractivity contribution in [3.05, 3.63) is 12.2 Å². The average molecular weight is 112 g/mol. The van der Waals surface area contributed by atoms with Crippen LogP contribution in [0.5, 0.6) is 0 Å². The van der Waals surface area contributed by atoms with E-state index in [4.69, 9.17) is 0 Å². The summed E-state index contributed by atoms with van der Waals surface area (Å²) in [5, 5.41) is 0. The van der Waals surface area contributed by atoms with Crippen molar-refractivity contribution in [2.75, 3.05) is 6.61 Å². The van der Waals surface area contributed by atoms with E-state index >= 15 is 0 Å². The van der Waals surface area contributed by atoms with Crippen molar-refractivity contribution in [1.29, 1.82) is 0 Å². The highest BCUT2D eigenvalue weighted by Gasteiger charge is 2.10. The molecule has 1 heterocycles. The molecule has 44 valence electrons. The molecule has 8 heavy (non-hydrogen) atoms. The molecule has 2 heteroatoms. The summed E-state index contributed by atoms with van der Waals surface area (Å²) in [6, 6.07) is 0. The van der Waals surface area contributed by atoms with E-state index in [2.05, 4.69) is 11.3 Å². The van der Waals surface area contributed by atoms with Gasteiger partial charge in [-0.05, 0) is 0 Å². The lowest BCUT2D eigenvalue weighted by molar-refractivity contribution is -0.144. The maximum Gasteiger partial charge on any atom is 0.309 e. The van der Waals surface area contributed by atoms with E-state index in [1.807, 2.05) is 0 Å². The monoisotopic (exact) mass is 112 g/mol. The first kappa shape index (κ1) is 5.35. The highest BCUT2D eigenvalue weighted by atomic mass is 16.5. The summed E-state index contributed by atoms with van der Waals surface area (Å²) in [4.78, 5) is 10.4. The van der Waals surface area contributed by atoms with Crippen LogP contribution in [0.1, 0.15) is 12.8 Å². The molecule has 0 unspecified atom stereocenters. The first-order valence-corrected chi connectivity index (χ1v) is 2.61. The Morgan fingerprint density at radius 3 is 2.75 bits per heavy atom. The second kappa shape index (κ2) is 1.99. The van der Waals surface area contributed by atoms with Gasteiger partial charge in [-0.3, -0.25) is 4.79 Å². The number of hydrogen-bond donors (Lipinski definition) is 0. The zero-order chi connectivity index (χ0) is 5.98. The van der Waals surface area contributed by atoms with E-state index in [0.29, 0.717) is 13.0 Å². The Bertz CT molecular complexity index is 112. The van der Waals surface area contributed by atoms with Crippen molar-refractivity contribution in [3.8, 4) is 0 Å². The van der Waals surface area contributed by atoms with Crippen LogP contribution in [0.2, 0.25) is 0 Å². The molecule has 0 saturated carbocycles. The molecule has 0 spiro atoms. The van der Waals surface area contributed by atoms with Gasteiger partial charge >= 0.3 is 5.97 Å². The van der Waals surface area contributed by atoms with E-state index in [1.165, 1.54) is 0 Å². The predicted octanol–water partition coefficient (Wildman–Crippen LogP) is 0.880. The van der Waals surface area contributed by atoms with Gasteiger partial charge < -0.3 is 4.74 Å². The zero-order valence-electron chi connectivity index (χ0n) is 4.64. The number of carbonyl (C=O) groups is 1. The van der Waals surface area contributed by atoms with E-state index in [1.54, 1.807) is 0 Å². The predicted molar refractivity (Wildman–Crippen MR) is 29.3 cm³/mol. The third-order valence-corrected chi connectivity index (χ3v) is 1.11. The minimum atomic E-state index is -0.138. The van der Waals surface area contributed by atoms with Crippen LogP contribution < -0.4 is 0 Å². The molecule has 0 radical (unpaired) electrons. The number of rotatable bonds is 0. The topological polar surface area (TPSA) is 26.3 Å². The smallest absolute Gasteiger partial charge is 0.309 e. The van der Waals surface area contributed by atoms with Crippen LogP contribution >= 0.6 is 0 Å². The van der Waals surface area contributed by atoms with Gasteiger partial charge in [0.15, 0.2) is 0 Å². The minimum Gasteiger partial charge on any atom is -0.465 e. The van der Waals surface area contributed by atoms with E-state index in [-0.39, 0.29) is 5.97 Å². The lowest BCUT2D eigenvalue weighted by Gasteiger charge is -2.11. The van der Waals surface area contributed by atoms with Crippen molar-refractivity contribution in [3.63, 3.8) is 0 Å². The minimum absolute atomic E-state index is 0.138. The summed E-state index contributed by atoms with van der Waals surface area (Å²) in [6.07, 6.45) is 1.26. The lowest BCUT2D eigenvalue weighted by atomic mass is 10.1. The van der Waals surface area contributed by atoms with E-state index in [9.17, 15) is 4.79 Å². The summed E-state index contributed by atoms with van der Waals surface area (Å²) in [6.45, 7) is 4.19. The first-order valence-electron chi connectivity index (χ1n) is 2.61. The molecule has 0 amide bonds. The van der Waals surface area contributed by atoms with Crippen LogP contribution in [-0.2, 0) is 9.53 Å². The van der Waals surface area contributed by atoms with Crippen molar-refractivity contribution in [2.45, 2.75) is 12.8 Å². The second-order valence-electron chi connectivity index (χ2n) is 1.90. The molecule has 0 aromatic heterocycles. The molecule has 0 N–H and O–H groups in total. The number of cyclic esters (lactones) is 1. The van der Waals surface area contributed by atoms with Gasteiger partial charge in [-0.1, -0.05) is 12.2 Å². The molecule has 0 aromatic carbocycles. The SMILES string of the molecule is C=C1CCOC(=O)C1. The summed E-state index contributed by atoms with van der Waals surface area (Å²) in [7, 11) is 0. The molecule has 0 aliphatic carbocycles. The Labute approximate surface area is 48.1 Å². The van der Waals surface area contributed by atoms with Gasteiger partial charge in [0.1, 0.15) is 0 Å². The standard InChI is InChI=1S/C6H8O2/c1-5-2-3-8-6(7)4-5/h1-4H2. The van der Waals surface area contributed by atoms with Crippen LogP contribution in [0, 0.1) is 0 Å². The maximum absolute atomic E-state index is 10.4. The van der Waals surface area contributed by atoms with Crippen molar-refractivity contribution in [2.24, 2.45) is 0 Å². The van der Waals surface area contributed by atoms with Gasteiger partial charge in [-0.2, -0.15) is 0 Å². The molecule has 2 nitrogen and oxygen atoms in total. The molecule has 1 saturated heterocycles. The lowest BCUT2D eigenvalue weighted by Crippen LogP contribution is -2.13. The number of ether oxygens (including phenoxy) is 1. The van der Waals surface area contributed by atoms with Crippen molar-refractivity contribution in [1.82, 2.24) is 0 Å². The first-order chi connectivity index (χ1) is 3.79. The number of hydrogen-bond acceptors (Lipinski definition) is 2. The van der Waals surface area contributed by atoms with E-state index in [0.717, 1.165) is 12.0 Å².